The number of amides is 1. The number of aliphatic hydroxyl groups excluding tert-OH is 2. The number of carbonyl (C=O) groups excluding carboxylic acids is 1. The molecular formula is C17H21N3O3. The van der Waals surface area contributed by atoms with Crippen LogP contribution in [0.15, 0.2) is 36.0 Å². The van der Waals surface area contributed by atoms with Crippen molar-refractivity contribution in [1.82, 2.24) is 4.90 Å². The Morgan fingerprint density at radius 3 is 2.65 bits per heavy atom. The molecule has 6 nitrogen and oxygen atoms in total. The van der Waals surface area contributed by atoms with Gasteiger partial charge < -0.3 is 20.0 Å². The van der Waals surface area contributed by atoms with Gasteiger partial charge in [-0.3, -0.25) is 4.79 Å². The summed E-state index contributed by atoms with van der Waals surface area (Å²) in [6, 6.07) is 10.0. The molecule has 0 bridgehead atoms. The largest absolute Gasteiger partial charge is 0.395 e. The van der Waals surface area contributed by atoms with Crippen molar-refractivity contribution < 1.29 is 15.0 Å². The van der Waals surface area contributed by atoms with Crippen LogP contribution in [0.1, 0.15) is 12.5 Å². The van der Waals surface area contributed by atoms with Crippen molar-refractivity contribution >= 4 is 11.6 Å². The van der Waals surface area contributed by atoms with Crippen molar-refractivity contribution in [3.05, 3.63) is 41.6 Å². The Kier molecular flexibility index (Phi) is 5.74. The molecule has 0 radical (unpaired) electrons. The number of rotatable bonds is 6. The Balaban J connectivity index is 2.28. The van der Waals surface area contributed by atoms with Crippen LogP contribution in [0, 0.1) is 11.3 Å². The number of fused-ring (bicyclic) bond motifs is 1. The van der Waals surface area contributed by atoms with Crippen LogP contribution in [-0.2, 0) is 11.2 Å². The second-order valence-corrected chi connectivity index (χ2v) is 5.48. The monoisotopic (exact) mass is 315 g/mol. The van der Waals surface area contributed by atoms with Gasteiger partial charge in [0.15, 0.2) is 0 Å². The average molecular weight is 315 g/mol. The molecule has 1 unspecified atom stereocenters. The molecule has 0 saturated carbocycles. The molecule has 0 saturated heterocycles. The maximum absolute atomic E-state index is 12.4. The SMILES string of the molecule is CC1Cc2ccccc2N1/C=C(/C#N)C(=O)N(CCO)CCO. The summed E-state index contributed by atoms with van der Waals surface area (Å²) in [5, 5.41) is 27.4. The summed E-state index contributed by atoms with van der Waals surface area (Å²) in [7, 11) is 0. The van der Waals surface area contributed by atoms with Crippen molar-refractivity contribution in [2.45, 2.75) is 19.4 Å². The fourth-order valence-electron chi connectivity index (χ4n) is 2.78. The second-order valence-electron chi connectivity index (χ2n) is 5.48. The number of benzene rings is 1. The van der Waals surface area contributed by atoms with E-state index in [1.54, 1.807) is 6.20 Å². The summed E-state index contributed by atoms with van der Waals surface area (Å²) >= 11 is 0. The average Bonchev–Trinajstić information content (AvgIpc) is 2.87. The quantitative estimate of drug-likeness (QED) is 0.595. The van der Waals surface area contributed by atoms with Crippen molar-refractivity contribution in [2.24, 2.45) is 0 Å². The molecule has 1 aliphatic rings. The predicted octanol–water partition coefficient (Wildman–Crippen LogP) is 0.658. The van der Waals surface area contributed by atoms with E-state index in [-0.39, 0.29) is 37.9 Å². The van der Waals surface area contributed by atoms with Crippen LogP contribution in [0.3, 0.4) is 0 Å². The summed E-state index contributed by atoms with van der Waals surface area (Å²) in [4.78, 5) is 15.7. The molecule has 0 fully saturated rings. The lowest BCUT2D eigenvalue weighted by atomic mass is 10.1. The Bertz CT molecular complexity index is 630. The number of nitrogens with zero attached hydrogens (tertiary/aromatic N) is 3. The van der Waals surface area contributed by atoms with Crippen LogP contribution in [0.5, 0.6) is 0 Å². The van der Waals surface area contributed by atoms with E-state index >= 15 is 0 Å². The Hall–Kier alpha value is -2.36. The number of para-hydroxylation sites is 1. The van der Waals surface area contributed by atoms with Gasteiger partial charge in [0.2, 0.25) is 0 Å². The van der Waals surface area contributed by atoms with E-state index in [9.17, 15) is 10.1 Å². The lowest BCUT2D eigenvalue weighted by Gasteiger charge is -2.23. The van der Waals surface area contributed by atoms with Gasteiger partial charge in [0.25, 0.3) is 5.91 Å². The second kappa shape index (κ2) is 7.77. The maximum atomic E-state index is 12.4. The molecule has 0 aliphatic carbocycles. The fourth-order valence-corrected chi connectivity index (χ4v) is 2.78. The van der Waals surface area contributed by atoms with Gasteiger partial charge in [-0.15, -0.1) is 0 Å². The first kappa shape index (κ1) is 17.0. The number of nitriles is 1. The normalized spacial score (nSPS) is 16.9. The first-order chi connectivity index (χ1) is 11.1. The van der Waals surface area contributed by atoms with E-state index in [2.05, 4.69) is 0 Å². The lowest BCUT2D eigenvalue weighted by molar-refractivity contribution is -0.127. The summed E-state index contributed by atoms with van der Waals surface area (Å²) in [5.41, 5.74) is 2.18. The number of aliphatic hydroxyl groups is 2. The van der Waals surface area contributed by atoms with Gasteiger partial charge in [0.1, 0.15) is 11.6 Å². The minimum absolute atomic E-state index is 0.00421. The number of carbonyl (C=O) groups is 1. The highest BCUT2D eigenvalue weighted by molar-refractivity contribution is 5.97. The molecule has 2 rings (SSSR count). The highest BCUT2D eigenvalue weighted by atomic mass is 16.3. The Labute approximate surface area is 135 Å². The molecule has 23 heavy (non-hydrogen) atoms. The van der Waals surface area contributed by atoms with Crippen molar-refractivity contribution in [2.75, 3.05) is 31.2 Å². The van der Waals surface area contributed by atoms with E-state index in [1.165, 1.54) is 10.5 Å². The minimum Gasteiger partial charge on any atom is -0.395 e. The number of anilines is 1. The van der Waals surface area contributed by atoms with E-state index in [4.69, 9.17) is 10.2 Å². The topological polar surface area (TPSA) is 87.8 Å². The minimum atomic E-state index is -0.479. The van der Waals surface area contributed by atoms with Gasteiger partial charge in [-0.05, 0) is 25.0 Å². The highest BCUT2D eigenvalue weighted by Crippen LogP contribution is 2.32. The van der Waals surface area contributed by atoms with Crippen LogP contribution in [0.2, 0.25) is 0 Å². The molecule has 1 aromatic carbocycles. The van der Waals surface area contributed by atoms with E-state index in [0.717, 1.165) is 12.1 Å². The van der Waals surface area contributed by atoms with Crippen molar-refractivity contribution in [1.29, 1.82) is 5.26 Å². The molecule has 1 aliphatic heterocycles. The molecule has 1 atom stereocenters. The van der Waals surface area contributed by atoms with Crippen LogP contribution in [0.25, 0.3) is 0 Å². The van der Waals surface area contributed by atoms with Crippen molar-refractivity contribution in [3.63, 3.8) is 0 Å². The van der Waals surface area contributed by atoms with Gasteiger partial charge >= 0.3 is 0 Å². The lowest BCUT2D eigenvalue weighted by Crippen LogP contribution is -2.37. The van der Waals surface area contributed by atoms with E-state index < -0.39 is 5.91 Å². The smallest absolute Gasteiger partial charge is 0.266 e. The zero-order chi connectivity index (χ0) is 16.8. The third kappa shape index (κ3) is 3.70. The number of hydrogen-bond donors (Lipinski definition) is 2. The zero-order valence-electron chi connectivity index (χ0n) is 13.1. The van der Waals surface area contributed by atoms with Gasteiger partial charge in [0.05, 0.1) is 13.2 Å². The third-order valence-electron chi connectivity index (χ3n) is 3.91. The summed E-state index contributed by atoms with van der Waals surface area (Å²) < 4.78 is 0. The predicted molar refractivity (Wildman–Crippen MR) is 86.5 cm³/mol. The number of hydrogen-bond acceptors (Lipinski definition) is 5. The first-order valence-electron chi connectivity index (χ1n) is 7.61. The van der Waals surface area contributed by atoms with Crippen LogP contribution >= 0.6 is 0 Å². The molecule has 122 valence electrons. The van der Waals surface area contributed by atoms with Gasteiger partial charge in [-0.25, -0.2) is 0 Å². The van der Waals surface area contributed by atoms with Gasteiger partial charge in [-0.1, -0.05) is 18.2 Å². The third-order valence-corrected chi connectivity index (χ3v) is 3.91. The van der Waals surface area contributed by atoms with E-state index in [0.29, 0.717) is 0 Å². The van der Waals surface area contributed by atoms with E-state index in [1.807, 2.05) is 42.2 Å². The van der Waals surface area contributed by atoms with Crippen LogP contribution < -0.4 is 4.90 Å². The van der Waals surface area contributed by atoms with Crippen LogP contribution in [-0.4, -0.2) is 53.4 Å². The molecular weight excluding hydrogens is 294 g/mol. The Morgan fingerprint density at radius 2 is 2.04 bits per heavy atom. The molecule has 1 aromatic rings. The zero-order valence-corrected chi connectivity index (χ0v) is 13.1. The molecule has 1 amide bonds. The molecule has 0 aromatic heterocycles. The molecule has 0 spiro atoms. The first-order valence-corrected chi connectivity index (χ1v) is 7.61. The fraction of sp³-hybridized carbons (Fsp3) is 0.412. The molecule has 2 N–H and O–H groups in total. The molecule has 1 heterocycles. The van der Waals surface area contributed by atoms with Crippen molar-refractivity contribution in [3.8, 4) is 6.07 Å². The summed E-state index contributed by atoms with van der Waals surface area (Å²) in [5.74, 6) is -0.479. The van der Waals surface area contributed by atoms with Gasteiger partial charge in [-0.2, -0.15) is 5.26 Å². The molecule has 6 heteroatoms. The standard InChI is InChI=1S/C17H21N3O3/c1-13-10-14-4-2-3-5-16(14)20(13)12-15(11-18)17(23)19(6-8-21)7-9-22/h2-5,12-13,21-22H,6-10H2,1H3/b15-12-. The summed E-state index contributed by atoms with van der Waals surface area (Å²) in [6.07, 6.45) is 2.43. The maximum Gasteiger partial charge on any atom is 0.266 e. The van der Waals surface area contributed by atoms with Crippen LogP contribution in [0.4, 0.5) is 5.69 Å². The Morgan fingerprint density at radius 1 is 1.39 bits per heavy atom. The van der Waals surface area contributed by atoms with Gasteiger partial charge in [0, 0.05) is 31.0 Å². The summed E-state index contributed by atoms with van der Waals surface area (Å²) in [6.45, 7) is 1.78. The highest BCUT2D eigenvalue weighted by Gasteiger charge is 2.26.